The van der Waals surface area contributed by atoms with E-state index in [-0.39, 0.29) is 0 Å². The lowest BCUT2D eigenvalue weighted by Gasteiger charge is -2.43. The van der Waals surface area contributed by atoms with Gasteiger partial charge in [-0.2, -0.15) is 5.26 Å². The van der Waals surface area contributed by atoms with E-state index >= 15 is 0 Å². The van der Waals surface area contributed by atoms with Crippen LogP contribution in [0.5, 0.6) is 0 Å². The molecule has 1 aromatic carbocycles. The number of benzene rings is 1. The number of nitrogens with zero attached hydrogens (tertiary/aromatic N) is 1. The first-order chi connectivity index (χ1) is 8.69. The molecule has 0 radical (unpaired) electrons. The fourth-order valence-corrected chi connectivity index (χ4v) is 3.79. The molecule has 0 heterocycles. The van der Waals surface area contributed by atoms with Gasteiger partial charge in [0.2, 0.25) is 0 Å². The topological polar surface area (TPSA) is 44.0 Å². The molecule has 0 saturated heterocycles. The molecule has 1 saturated carbocycles. The smallest absolute Gasteiger partial charge is 0.0876 e. The van der Waals surface area contributed by atoms with E-state index in [1.165, 1.54) is 11.1 Å². The van der Waals surface area contributed by atoms with Gasteiger partial charge in [0.1, 0.15) is 0 Å². The van der Waals surface area contributed by atoms with Crippen LogP contribution in [0.1, 0.15) is 43.2 Å². The van der Waals surface area contributed by atoms with Crippen LogP contribution in [0.15, 0.2) is 24.3 Å². The van der Waals surface area contributed by atoms with Gasteiger partial charge in [-0.15, -0.1) is 0 Å². The molecule has 0 amide bonds. The fourth-order valence-electron chi connectivity index (χ4n) is 3.79. The van der Waals surface area contributed by atoms with Crippen molar-refractivity contribution in [3.8, 4) is 6.07 Å². The van der Waals surface area contributed by atoms with Crippen molar-refractivity contribution in [2.75, 3.05) is 0 Å². The first-order valence-corrected chi connectivity index (χ1v) is 6.90. The summed E-state index contributed by atoms with van der Waals surface area (Å²) >= 11 is 0. The molecule has 2 nitrogen and oxygen atoms in total. The number of hydrogen-bond donors (Lipinski definition) is 1. The minimum absolute atomic E-state index is 0.499. The van der Waals surface area contributed by atoms with Gasteiger partial charge in [0, 0.05) is 6.42 Å². The second-order valence-corrected chi connectivity index (χ2v) is 5.88. The van der Waals surface area contributed by atoms with Crippen molar-refractivity contribution in [1.29, 1.82) is 5.26 Å². The van der Waals surface area contributed by atoms with Crippen LogP contribution in [0, 0.1) is 16.7 Å². The zero-order chi connectivity index (χ0) is 12.6. The Kier molecular flexibility index (Phi) is 2.68. The molecule has 0 aromatic heterocycles. The van der Waals surface area contributed by atoms with Gasteiger partial charge in [-0.3, -0.25) is 0 Å². The number of fused-ring (bicyclic) bond motifs is 1. The van der Waals surface area contributed by atoms with Crippen LogP contribution in [-0.4, -0.2) is 10.7 Å². The molecule has 0 bridgehead atoms. The van der Waals surface area contributed by atoms with Gasteiger partial charge in [0.15, 0.2) is 0 Å². The number of rotatable bonds is 1. The van der Waals surface area contributed by atoms with Crippen molar-refractivity contribution in [2.24, 2.45) is 5.41 Å². The minimum Gasteiger partial charge on any atom is -0.388 e. The molecule has 0 spiro atoms. The maximum Gasteiger partial charge on any atom is 0.0876 e. The largest absolute Gasteiger partial charge is 0.388 e. The third-order valence-corrected chi connectivity index (χ3v) is 4.97. The normalized spacial score (nSPS) is 29.6. The molecule has 1 fully saturated rings. The molecule has 2 aliphatic carbocycles. The Labute approximate surface area is 108 Å². The van der Waals surface area contributed by atoms with Gasteiger partial charge >= 0.3 is 0 Å². The Balaban J connectivity index is 1.96. The average Bonchev–Trinajstić information content (AvgIpc) is 2.89. The van der Waals surface area contributed by atoms with Crippen molar-refractivity contribution < 1.29 is 5.11 Å². The highest BCUT2D eigenvalue weighted by Gasteiger charge is 2.53. The van der Waals surface area contributed by atoms with E-state index in [1.807, 2.05) is 6.07 Å². The lowest BCUT2D eigenvalue weighted by Crippen LogP contribution is -2.50. The van der Waals surface area contributed by atoms with Crippen molar-refractivity contribution >= 4 is 0 Å². The second kappa shape index (κ2) is 4.10. The van der Waals surface area contributed by atoms with E-state index in [0.717, 1.165) is 38.5 Å². The van der Waals surface area contributed by atoms with Crippen LogP contribution in [-0.2, 0) is 12.8 Å². The Morgan fingerprint density at radius 1 is 1.06 bits per heavy atom. The summed E-state index contributed by atoms with van der Waals surface area (Å²) in [6, 6.07) is 10.8. The van der Waals surface area contributed by atoms with Crippen molar-refractivity contribution in [3.05, 3.63) is 35.4 Å². The molecule has 94 valence electrons. The van der Waals surface area contributed by atoms with Gasteiger partial charge in [-0.25, -0.2) is 0 Å². The Hall–Kier alpha value is -1.33. The van der Waals surface area contributed by atoms with Crippen molar-refractivity contribution in [1.82, 2.24) is 0 Å². The number of hydrogen-bond acceptors (Lipinski definition) is 2. The lowest BCUT2D eigenvalue weighted by atomic mass is 9.63. The van der Waals surface area contributed by atoms with Gasteiger partial charge < -0.3 is 5.11 Å². The molecule has 0 aliphatic heterocycles. The van der Waals surface area contributed by atoms with Crippen LogP contribution >= 0.6 is 0 Å². The number of aryl methyl sites for hydroxylation is 1. The molecule has 1 unspecified atom stereocenters. The molecule has 1 aromatic rings. The summed E-state index contributed by atoms with van der Waals surface area (Å²) in [6.45, 7) is 0. The third kappa shape index (κ3) is 1.58. The summed E-state index contributed by atoms with van der Waals surface area (Å²) in [5, 5.41) is 20.6. The van der Waals surface area contributed by atoms with Gasteiger partial charge in [-0.05, 0) is 36.8 Å². The van der Waals surface area contributed by atoms with E-state index in [2.05, 4.69) is 24.3 Å². The average molecular weight is 241 g/mol. The SMILES string of the molecule is N#CC1(C2(O)CCc3ccccc3C2)CCCC1. The highest BCUT2D eigenvalue weighted by molar-refractivity contribution is 5.34. The monoisotopic (exact) mass is 241 g/mol. The molecule has 1 atom stereocenters. The van der Waals surface area contributed by atoms with Gasteiger partial charge in [-0.1, -0.05) is 37.1 Å². The van der Waals surface area contributed by atoms with Crippen LogP contribution in [0.2, 0.25) is 0 Å². The predicted octanol–water partition coefficient (Wildman–Crippen LogP) is 2.99. The molecule has 2 heteroatoms. The highest BCUT2D eigenvalue weighted by Crippen LogP contribution is 2.51. The van der Waals surface area contributed by atoms with Crippen molar-refractivity contribution in [3.63, 3.8) is 0 Å². The molecule has 1 N–H and O–H groups in total. The van der Waals surface area contributed by atoms with E-state index in [4.69, 9.17) is 0 Å². The second-order valence-electron chi connectivity index (χ2n) is 5.88. The summed E-state index contributed by atoms with van der Waals surface area (Å²) in [5.41, 5.74) is 1.26. The van der Waals surface area contributed by atoms with Crippen LogP contribution < -0.4 is 0 Å². The van der Waals surface area contributed by atoms with E-state index in [0.29, 0.717) is 6.42 Å². The predicted molar refractivity (Wildman–Crippen MR) is 69.9 cm³/mol. The summed E-state index contributed by atoms with van der Waals surface area (Å²) in [4.78, 5) is 0. The van der Waals surface area contributed by atoms with Crippen LogP contribution in [0.3, 0.4) is 0 Å². The van der Waals surface area contributed by atoms with Gasteiger partial charge in [0.25, 0.3) is 0 Å². The van der Waals surface area contributed by atoms with Crippen molar-refractivity contribution in [2.45, 2.75) is 50.5 Å². The molecular formula is C16H19NO. The van der Waals surface area contributed by atoms with E-state index in [1.54, 1.807) is 0 Å². The molecule has 18 heavy (non-hydrogen) atoms. The molecular weight excluding hydrogens is 222 g/mol. The third-order valence-electron chi connectivity index (χ3n) is 4.97. The highest BCUT2D eigenvalue weighted by atomic mass is 16.3. The van der Waals surface area contributed by atoms with Gasteiger partial charge in [0.05, 0.1) is 17.1 Å². The number of aliphatic hydroxyl groups is 1. The standard InChI is InChI=1S/C16H19NO/c17-12-15(8-3-4-9-15)16(18)10-7-13-5-1-2-6-14(13)11-16/h1-2,5-6,18H,3-4,7-11H2. The zero-order valence-corrected chi connectivity index (χ0v) is 10.7. The summed E-state index contributed by atoms with van der Waals surface area (Å²) in [7, 11) is 0. The summed E-state index contributed by atoms with van der Waals surface area (Å²) in [6.07, 6.45) is 6.17. The quantitative estimate of drug-likeness (QED) is 0.821. The fraction of sp³-hybridized carbons (Fsp3) is 0.562. The molecule has 3 rings (SSSR count). The lowest BCUT2D eigenvalue weighted by molar-refractivity contribution is -0.0634. The number of nitriles is 1. The van der Waals surface area contributed by atoms with Crippen LogP contribution in [0.4, 0.5) is 0 Å². The Morgan fingerprint density at radius 2 is 1.72 bits per heavy atom. The maximum absolute atomic E-state index is 11.0. The molecule has 2 aliphatic rings. The summed E-state index contributed by atoms with van der Waals surface area (Å²) < 4.78 is 0. The minimum atomic E-state index is -0.813. The maximum atomic E-state index is 11.0. The van der Waals surface area contributed by atoms with Crippen LogP contribution in [0.25, 0.3) is 0 Å². The Morgan fingerprint density at radius 3 is 2.39 bits per heavy atom. The first kappa shape index (κ1) is 11.7. The van der Waals surface area contributed by atoms with E-state index < -0.39 is 11.0 Å². The zero-order valence-electron chi connectivity index (χ0n) is 10.7. The summed E-state index contributed by atoms with van der Waals surface area (Å²) in [5.74, 6) is 0. The van der Waals surface area contributed by atoms with E-state index in [9.17, 15) is 10.4 Å². The Bertz CT molecular complexity index is 496. The first-order valence-electron chi connectivity index (χ1n) is 6.90.